The lowest BCUT2D eigenvalue weighted by atomic mass is 10.2. The van der Waals surface area contributed by atoms with Crippen LogP contribution >= 0.6 is 0 Å². The topological polar surface area (TPSA) is 79.2 Å². The highest BCUT2D eigenvalue weighted by Gasteiger charge is 2.28. The zero-order chi connectivity index (χ0) is 20.4. The summed E-state index contributed by atoms with van der Waals surface area (Å²) in [6, 6.07) is 2.31. The van der Waals surface area contributed by atoms with Gasteiger partial charge in [-0.05, 0) is 39.7 Å². The smallest absolute Gasteiger partial charge is 0.237 e. The summed E-state index contributed by atoms with van der Waals surface area (Å²) in [5.41, 5.74) is 2.01. The number of aryl methyl sites for hydroxylation is 2. The van der Waals surface area contributed by atoms with Gasteiger partial charge in [-0.3, -0.25) is 14.7 Å². The minimum absolute atomic E-state index is 0.0927. The molecule has 0 bridgehead atoms. The predicted molar refractivity (Wildman–Crippen MR) is 112 cm³/mol. The number of carbonyl (C=O) groups is 1. The minimum Gasteiger partial charge on any atom is -0.353 e. The fourth-order valence-corrected chi connectivity index (χ4v) is 4.36. The maximum atomic E-state index is 12.6. The van der Waals surface area contributed by atoms with Crippen LogP contribution < -0.4 is 10.2 Å². The van der Waals surface area contributed by atoms with Crippen LogP contribution in [0.3, 0.4) is 0 Å². The molecule has 1 saturated heterocycles. The third-order valence-electron chi connectivity index (χ3n) is 6.10. The Bertz CT molecular complexity index is 850. The SMILES string of the molecule is Cc1cc(C)n(-c2cncc(N3CCN(C(C)C(=O)NC4CCCC4)CC3)n2)n1. The Hall–Kier alpha value is -2.48. The molecule has 1 saturated carbocycles. The molecule has 156 valence electrons. The number of nitrogens with one attached hydrogen (secondary N) is 1. The van der Waals surface area contributed by atoms with Gasteiger partial charge in [0, 0.05) is 37.9 Å². The van der Waals surface area contributed by atoms with Gasteiger partial charge in [0.25, 0.3) is 0 Å². The van der Waals surface area contributed by atoms with Crippen molar-refractivity contribution < 1.29 is 4.79 Å². The summed E-state index contributed by atoms with van der Waals surface area (Å²) in [6.45, 7) is 9.35. The van der Waals surface area contributed by atoms with E-state index in [9.17, 15) is 4.79 Å². The molecule has 3 heterocycles. The lowest BCUT2D eigenvalue weighted by Gasteiger charge is -2.38. The van der Waals surface area contributed by atoms with Gasteiger partial charge in [0.15, 0.2) is 5.82 Å². The third-order valence-corrected chi connectivity index (χ3v) is 6.10. The molecular formula is C21H31N7O. The second-order valence-corrected chi connectivity index (χ2v) is 8.26. The zero-order valence-corrected chi connectivity index (χ0v) is 17.6. The largest absolute Gasteiger partial charge is 0.353 e. The lowest BCUT2D eigenvalue weighted by Crippen LogP contribution is -2.55. The zero-order valence-electron chi connectivity index (χ0n) is 17.6. The van der Waals surface area contributed by atoms with Gasteiger partial charge >= 0.3 is 0 Å². The van der Waals surface area contributed by atoms with Crippen molar-refractivity contribution in [2.45, 2.75) is 58.5 Å². The summed E-state index contributed by atoms with van der Waals surface area (Å²) in [5.74, 6) is 1.76. The van der Waals surface area contributed by atoms with Gasteiger partial charge in [0.1, 0.15) is 5.82 Å². The van der Waals surface area contributed by atoms with Crippen LogP contribution in [0.25, 0.3) is 5.82 Å². The maximum Gasteiger partial charge on any atom is 0.237 e. The Balaban J connectivity index is 1.36. The van der Waals surface area contributed by atoms with Gasteiger partial charge in [0.05, 0.1) is 24.1 Å². The van der Waals surface area contributed by atoms with Gasteiger partial charge < -0.3 is 10.2 Å². The molecule has 2 aliphatic rings. The van der Waals surface area contributed by atoms with Gasteiger partial charge in [-0.15, -0.1) is 0 Å². The molecule has 8 heteroatoms. The number of rotatable bonds is 5. The first-order chi connectivity index (χ1) is 14.0. The Morgan fingerprint density at radius 1 is 1.10 bits per heavy atom. The molecule has 2 aromatic rings. The maximum absolute atomic E-state index is 12.6. The Morgan fingerprint density at radius 2 is 1.79 bits per heavy atom. The summed E-state index contributed by atoms with van der Waals surface area (Å²) < 4.78 is 1.83. The first-order valence-corrected chi connectivity index (χ1v) is 10.7. The molecule has 1 atom stereocenters. The quantitative estimate of drug-likeness (QED) is 0.830. The average Bonchev–Trinajstić information content (AvgIpc) is 3.36. The van der Waals surface area contributed by atoms with E-state index in [1.54, 1.807) is 12.4 Å². The second kappa shape index (κ2) is 8.49. The molecular weight excluding hydrogens is 366 g/mol. The van der Waals surface area contributed by atoms with Crippen molar-refractivity contribution in [1.29, 1.82) is 0 Å². The highest BCUT2D eigenvalue weighted by atomic mass is 16.2. The van der Waals surface area contributed by atoms with Crippen molar-refractivity contribution >= 4 is 11.7 Å². The summed E-state index contributed by atoms with van der Waals surface area (Å²) in [7, 11) is 0. The number of hydrogen-bond acceptors (Lipinski definition) is 6. The molecule has 29 heavy (non-hydrogen) atoms. The Morgan fingerprint density at radius 3 is 2.45 bits per heavy atom. The van der Waals surface area contributed by atoms with Crippen molar-refractivity contribution in [3.63, 3.8) is 0 Å². The van der Waals surface area contributed by atoms with Crippen LogP contribution in [0.1, 0.15) is 44.0 Å². The normalized spacial score (nSPS) is 19.5. The van der Waals surface area contributed by atoms with Gasteiger partial charge in [-0.2, -0.15) is 5.10 Å². The van der Waals surface area contributed by atoms with Gasteiger partial charge in [-0.25, -0.2) is 9.67 Å². The lowest BCUT2D eigenvalue weighted by molar-refractivity contribution is -0.126. The number of nitrogens with zero attached hydrogens (tertiary/aromatic N) is 6. The molecule has 1 aliphatic carbocycles. The van der Waals surface area contributed by atoms with Crippen molar-refractivity contribution in [2.24, 2.45) is 0 Å². The molecule has 1 amide bonds. The molecule has 0 radical (unpaired) electrons. The summed E-state index contributed by atoms with van der Waals surface area (Å²) in [4.78, 5) is 26.3. The average molecular weight is 398 g/mol. The van der Waals surface area contributed by atoms with Crippen LogP contribution in [0, 0.1) is 13.8 Å². The van der Waals surface area contributed by atoms with E-state index in [0.29, 0.717) is 6.04 Å². The number of amides is 1. The van der Waals surface area contributed by atoms with E-state index in [-0.39, 0.29) is 11.9 Å². The van der Waals surface area contributed by atoms with Crippen LogP contribution in [0.5, 0.6) is 0 Å². The molecule has 0 spiro atoms. The van der Waals surface area contributed by atoms with Gasteiger partial charge in [0.2, 0.25) is 5.91 Å². The van der Waals surface area contributed by atoms with Crippen LogP contribution in [0.4, 0.5) is 5.82 Å². The number of aromatic nitrogens is 4. The first-order valence-electron chi connectivity index (χ1n) is 10.7. The molecule has 0 aromatic carbocycles. The van der Waals surface area contributed by atoms with Crippen molar-refractivity contribution in [1.82, 2.24) is 30.0 Å². The molecule has 2 aromatic heterocycles. The van der Waals surface area contributed by atoms with E-state index < -0.39 is 0 Å². The molecule has 4 rings (SSSR count). The summed E-state index contributed by atoms with van der Waals surface area (Å²) >= 11 is 0. The van der Waals surface area contributed by atoms with Crippen LogP contribution in [-0.2, 0) is 4.79 Å². The predicted octanol–water partition coefficient (Wildman–Crippen LogP) is 1.85. The van der Waals surface area contributed by atoms with E-state index >= 15 is 0 Å². The fraction of sp³-hybridized carbons (Fsp3) is 0.619. The van der Waals surface area contributed by atoms with Gasteiger partial charge in [-0.1, -0.05) is 12.8 Å². The number of carbonyl (C=O) groups excluding carboxylic acids is 1. The number of piperazine rings is 1. The number of anilines is 1. The highest BCUT2D eigenvalue weighted by molar-refractivity contribution is 5.81. The molecule has 1 unspecified atom stereocenters. The minimum atomic E-state index is -0.0927. The molecule has 1 aliphatic heterocycles. The Labute approximate surface area is 172 Å². The van der Waals surface area contributed by atoms with E-state index in [4.69, 9.17) is 4.98 Å². The first kappa shape index (κ1) is 19.8. The fourth-order valence-electron chi connectivity index (χ4n) is 4.36. The monoisotopic (exact) mass is 397 g/mol. The Kier molecular flexibility index (Phi) is 5.80. The summed E-state index contributed by atoms with van der Waals surface area (Å²) in [5, 5.41) is 7.73. The van der Waals surface area contributed by atoms with Crippen molar-refractivity contribution in [2.75, 3.05) is 31.1 Å². The van der Waals surface area contributed by atoms with Crippen LogP contribution in [0.2, 0.25) is 0 Å². The number of hydrogen-bond donors (Lipinski definition) is 1. The molecule has 8 nitrogen and oxygen atoms in total. The van der Waals surface area contributed by atoms with E-state index in [1.165, 1.54) is 12.8 Å². The van der Waals surface area contributed by atoms with Crippen LogP contribution in [0.15, 0.2) is 18.5 Å². The highest BCUT2D eigenvalue weighted by Crippen LogP contribution is 2.19. The van der Waals surface area contributed by atoms with Crippen molar-refractivity contribution in [3.8, 4) is 5.82 Å². The third kappa shape index (κ3) is 4.42. The van der Waals surface area contributed by atoms with E-state index in [0.717, 1.165) is 62.0 Å². The van der Waals surface area contributed by atoms with Crippen LogP contribution in [-0.4, -0.2) is 68.8 Å². The standard InChI is InChI=1S/C21H31N7O/c1-15-12-16(2)28(25-15)20-14-22-13-19(24-20)27-10-8-26(9-11-27)17(3)21(29)23-18-6-4-5-7-18/h12-14,17-18H,4-11H2,1-3H3,(H,23,29). The molecule has 1 N–H and O–H groups in total. The van der Waals surface area contributed by atoms with E-state index in [2.05, 4.69) is 25.2 Å². The summed E-state index contributed by atoms with van der Waals surface area (Å²) in [6.07, 6.45) is 8.26. The molecule has 2 fully saturated rings. The van der Waals surface area contributed by atoms with E-state index in [1.807, 2.05) is 31.5 Å². The second-order valence-electron chi connectivity index (χ2n) is 8.26. The van der Waals surface area contributed by atoms with Crippen molar-refractivity contribution in [3.05, 3.63) is 29.8 Å².